The third-order valence-electron chi connectivity index (χ3n) is 1.28. The maximum atomic E-state index is 11.1. The Labute approximate surface area is 73.9 Å². The lowest BCUT2D eigenvalue weighted by atomic mass is 10.4. The van der Waals surface area contributed by atoms with Crippen LogP contribution in [0.2, 0.25) is 0 Å². The monoisotopic (exact) mass is 181 g/mol. The van der Waals surface area contributed by atoms with Crippen molar-refractivity contribution in [3.05, 3.63) is 15.6 Å². The molecular formula is C7H7N3OS. The highest BCUT2D eigenvalue weighted by molar-refractivity contribution is 7.13. The Kier molecular flexibility index (Phi) is 2.41. The number of nitriles is 1. The Morgan fingerprint density at radius 1 is 1.67 bits per heavy atom. The van der Waals surface area contributed by atoms with E-state index in [0.29, 0.717) is 10.6 Å². The topological polar surface area (TPSA) is 65.8 Å². The Morgan fingerprint density at radius 3 is 2.75 bits per heavy atom. The van der Waals surface area contributed by atoms with Gasteiger partial charge in [-0.2, -0.15) is 5.26 Å². The molecule has 5 heteroatoms. The molecule has 1 heterocycles. The van der Waals surface area contributed by atoms with Gasteiger partial charge in [0.2, 0.25) is 0 Å². The maximum absolute atomic E-state index is 11.1. The molecule has 0 bridgehead atoms. The molecule has 0 fully saturated rings. The number of thiazole rings is 1. The molecule has 0 aliphatic carbocycles. The minimum Gasteiger partial charge on any atom is -0.267 e. The van der Waals surface area contributed by atoms with E-state index in [2.05, 4.69) is 10.3 Å². The van der Waals surface area contributed by atoms with Crippen molar-refractivity contribution in [2.45, 2.75) is 13.8 Å². The second-order valence-electron chi connectivity index (χ2n) is 2.21. The van der Waals surface area contributed by atoms with E-state index >= 15 is 0 Å². The van der Waals surface area contributed by atoms with Gasteiger partial charge in [-0.15, -0.1) is 11.3 Å². The van der Waals surface area contributed by atoms with E-state index in [0.717, 1.165) is 5.01 Å². The number of rotatable bonds is 1. The van der Waals surface area contributed by atoms with Gasteiger partial charge in [-0.05, 0) is 13.8 Å². The number of aromatic nitrogens is 1. The molecule has 0 spiro atoms. The zero-order valence-electron chi connectivity index (χ0n) is 6.71. The zero-order valence-corrected chi connectivity index (χ0v) is 7.53. The first kappa shape index (κ1) is 8.68. The van der Waals surface area contributed by atoms with Crippen LogP contribution in [0.4, 0.5) is 0 Å². The lowest BCUT2D eigenvalue weighted by Crippen LogP contribution is -2.16. The predicted molar refractivity (Wildman–Crippen MR) is 44.7 cm³/mol. The average molecular weight is 181 g/mol. The van der Waals surface area contributed by atoms with E-state index in [4.69, 9.17) is 5.26 Å². The van der Waals surface area contributed by atoms with Crippen molar-refractivity contribution in [3.8, 4) is 6.19 Å². The smallest absolute Gasteiger partial charge is 0.267 e. The fourth-order valence-electron chi connectivity index (χ4n) is 0.850. The summed E-state index contributed by atoms with van der Waals surface area (Å²) in [6.45, 7) is 3.57. The van der Waals surface area contributed by atoms with Crippen LogP contribution in [-0.4, -0.2) is 10.9 Å². The highest BCUT2D eigenvalue weighted by Crippen LogP contribution is 2.16. The van der Waals surface area contributed by atoms with E-state index < -0.39 is 0 Å². The zero-order chi connectivity index (χ0) is 9.14. The summed E-state index contributed by atoms with van der Waals surface area (Å²) in [5, 5.41) is 11.1. The largest absolute Gasteiger partial charge is 0.276 e. The van der Waals surface area contributed by atoms with Crippen molar-refractivity contribution in [1.82, 2.24) is 10.3 Å². The molecule has 0 aliphatic rings. The molecular weight excluding hydrogens is 174 g/mol. The summed E-state index contributed by atoms with van der Waals surface area (Å²) < 4.78 is 0. The summed E-state index contributed by atoms with van der Waals surface area (Å²) >= 11 is 1.29. The van der Waals surface area contributed by atoms with E-state index in [-0.39, 0.29) is 5.91 Å². The van der Waals surface area contributed by atoms with Crippen molar-refractivity contribution in [2.24, 2.45) is 0 Å². The van der Waals surface area contributed by atoms with E-state index in [1.807, 2.05) is 6.92 Å². The highest BCUT2D eigenvalue weighted by atomic mass is 32.1. The Balaban J connectivity index is 2.96. The molecule has 0 radical (unpaired) electrons. The van der Waals surface area contributed by atoms with Gasteiger partial charge in [0.05, 0.1) is 10.7 Å². The third-order valence-corrected chi connectivity index (χ3v) is 2.35. The Bertz CT molecular complexity index is 350. The molecule has 1 aromatic rings. The summed E-state index contributed by atoms with van der Waals surface area (Å²) in [5.74, 6) is -0.374. The Hall–Kier alpha value is -1.41. The van der Waals surface area contributed by atoms with Gasteiger partial charge >= 0.3 is 0 Å². The quantitative estimate of drug-likeness (QED) is 0.518. The molecule has 0 aromatic carbocycles. The molecule has 1 rings (SSSR count). The first-order chi connectivity index (χ1) is 5.65. The molecule has 1 N–H and O–H groups in total. The SMILES string of the molecule is Cc1nc(C)c(C(=O)NC#N)s1. The molecule has 62 valence electrons. The molecule has 0 saturated carbocycles. The number of hydrogen-bond acceptors (Lipinski definition) is 4. The molecule has 1 amide bonds. The second kappa shape index (κ2) is 3.32. The van der Waals surface area contributed by atoms with Crippen LogP contribution < -0.4 is 5.32 Å². The molecule has 0 saturated heterocycles. The fraction of sp³-hybridized carbons (Fsp3) is 0.286. The van der Waals surface area contributed by atoms with Crippen LogP contribution in [0, 0.1) is 25.3 Å². The average Bonchev–Trinajstić information content (AvgIpc) is 2.30. The minimum atomic E-state index is -0.374. The van der Waals surface area contributed by atoms with Crippen molar-refractivity contribution < 1.29 is 4.79 Å². The number of carbonyl (C=O) groups excluding carboxylic acids is 1. The fourth-order valence-corrected chi connectivity index (χ4v) is 1.66. The lowest BCUT2D eigenvalue weighted by Gasteiger charge is -1.91. The van der Waals surface area contributed by atoms with Crippen LogP contribution in [0.1, 0.15) is 20.4 Å². The molecule has 12 heavy (non-hydrogen) atoms. The van der Waals surface area contributed by atoms with Gasteiger partial charge < -0.3 is 0 Å². The van der Waals surface area contributed by atoms with Crippen LogP contribution >= 0.6 is 11.3 Å². The van der Waals surface area contributed by atoms with Crippen molar-refractivity contribution in [1.29, 1.82) is 5.26 Å². The molecule has 0 atom stereocenters. The van der Waals surface area contributed by atoms with Crippen LogP contribution in [0.15, 0.2) is 0 Å². The van der Waals surface area contributed by atoms with Gasteiger partial charge in [0.1, 0.15) is 4.88 Å². The summed E-state index contributed by atoms with van der Waals surface area (Å²) in [6.07, 6.45) is 1.58. The first-order valence-corrected chi connectivity index (χ1v) is 4.10. The molecule has 4 nitrogen and oxygen atoms in total. The molecule has 0 unspecified atom stereocenters. The number of aryl methyl sites for hydroxylation is 2. The summed E-state index contributed by atoms with van der Waals surface area (Å²) in [6, 6.07) is 0. The summed E-state index contributed by atoms with van der Waals surface area (Å²) in [4.78, 5) is 15.7. The maximum Gasteiger partial charge on any atom is 0.276 e. The summed E-state index contributed by atoms with van der Waals surface area (Å²) in [5.41, 5.74) is 0.672. The second-order valence-corrected chi connectivity index (χ2v) is 3.42. The summed E-state index contributed by atoms with van der Waals surface area (Å²) in [7, 11) is 0. The van der Waals surface area contributed by atoms with Crippen LogP contribution in [0.5, 0.6) is 0 Å². The van der Waals surface area contributed by atoms with Crippen LogP contribution in [0.3, 0.4) is 0 Å². The van der Waals surface area contributed by atoms with Gasteiger partial charge in [0, 0.05) is 0 Å². The number of hydrogen-bond donors (Lipinski definition) is 1. The molecule has 1 aromatic heterocycles. The van der Waals surface area contributed by atoms with Gasteiger partial charge in [-0.1, -0.05) is 0 Å². The number of nitrogens with one attached hydrogen (secondary N) is 1. The number of amides is 1. The number of nitrogens with zero attached hydrogens (tertiary/aromatic N) is 2. The van der Waals surface area contributed by atoms with Gasteiger partial charge in [0.15, 0.2) is 6.19 Å². The van der Waals surface area contributed by atoms with Gasteiger partial charge in [-0.3, -0.25) is 10.1 Å². The van der Waals surface area contributed by atoms with Crippen LogP contribution in [-0.2, 0) is 0 Å². The minimum absolute atomic E-state index is 0.374. The standard InChI is InChI=1S/C7H7N3OS/c1-4-6(7(11)9-3-8)12-5(2)10-4/h1-2H3,(H,9,11). The van der Waals surface area contributed by atoms with E-state index in [1.165, 1.54) is 11.3 Å². The first-order valence-electron chi connectivity index (χ1n) is 3.28. The van der Waals surface area contributed by atoms with E-state index in [9.17, 15) is 4.79 Å². The van der Waals surface area contributed by atoms with Gasteiger partial charge in [-0.25, -0.2) is 4.98 Å². The number of carbonyl (C=O) groups is 1. The Morgan fingerprint density at radius 2 is 2.33 bits per heavy atom. The van der Waals surface area contributed by atoms with Crippen LogP contribution in [0.25, 0.3) is 0 Å². The van der Waals surface area contributed by atoms with E-state index in [1.54, 1.807) is 13.1 Å². The third kappa shape index (κ3) is 1.60. The predicted octanol–water partition coefficient (Wildman–Crippen LogP) is 0.971. The molecule has 0 aliphatic heterocycles. The van der Waals surface area contributed by atoms with Crippen molar-refractivity contribution >= 4 is 17.2 Å². The van der Waals surface area contributed by atoms with Crippen molar-refractivity contribution in [3.63, 3.8) is 0 Å². The normalized spacial score (nSPS) is 9.08. The van der Waals surface area contributed by atoms with Gasteiger partial charge in [0.25, 0.3) is 5.91 Å². The highest BCUT2D eigenvalue weighted by Gasteiger charge is 2.12. The lowest BCUT2D eigenvalue weighted by molar-refractivity contribution is 0.0976. The van der Waals surface area contributed by atoms with Crippen molar-refractivity contribution in [2.75, 3.05) is 0 Å².